The molecule has 23 heavy (non-hydrogen) atoms. The minimum Gasteiger partial charge on any atom is -0.344 e. The molecule has 1 aromatic carbocycles. The zero-order valence-electron chi connectivity index (χ0n) is 13.8. The van der Waals surface area contributed by atoms with Crippen molar-refractivity contribution < 1.29 is 9.59 Å². The molecule has 0 aromatic heterocycles. The largest absolute Gasteiger partial charge is 0.344 e. The lowest BCUT2D eigenvalue weighted by Gasteiger charge is -2.26. The van der Waals surface area contributed by atoms with Gasteiger partial charge in [-0.05, 0) is 37.0 Å². The van der Waals surface area contributed by atoms with Crippen molar-refractivity contribution in [3.63, 3.8) is 0 Å². The van der Waals surface area contributed by atoms with E-state index < -0.39 is 6.04 Å². The summed E-state index contributed by atoms with van der Waals surface area (Å²) in [5.41, 5.74) is 0.724. The average molecular weight is 381 g/mol. The second-order valence-electron chi connectivity index (χ2n) is 6.56. The third-order valence-corrected chi connectivity index (χ3v) is 4.81. The van der Waals surface area contributed by atoms with E-state index in [4.69, 9.17) is 0 Å². The normalized spacial score (nSPS) is 16.9. The molecule has 1 aromatic rings. The quantitative estimate of drug-likeness (QED) is 0.807. The molecule has 4 nitrogen and oxygen atoms in total. The molecule has 126 valence electrons. The molecule has 1 aliphatic rings. The highest BCUT2D eigenvalue weighted by atomic mass is 79.9. The van der Waals surface area contributed by atoms with Gasteiger partial charge in [-0.15, -0.1) is 0 Å². The predicted molar refractivity (Wildman–Crippen MR) is 96.1 cm³/mol. The molecule has 0 spiro atoms. The summed E-state index contributed by atoms with van der Waals surface area (Å²) in [6.07, 6.45) is 5.29. The lowest BCUT2D eigenvalue weighted by atomic mass is 9.88. The topological polar surface area (TPSA) is 58.2 Å². The Balaban J connectivity index is 1.99. The first-order valence-electron chi connectivity index (χ1n) is 8.34. The van der Waals surface area contributed by atoms with Gasteiger partial charge in [0.25, 0.3) is 0 Å². The summed E-state index contributed by atoms with van der Waals surface area (Å²) in [5, 5.41) is 5.85. The van der Waals surface area contributed by atoms with Crippen LogP contribution >= 0.6 is 15.9 Å². The maximum Gasteiger partial charge on any atom is 0.247 e. The Labute approximate surface area is 146 Å². The molecule has 0 radical (unpaired) electrons. The lowest BCUT2D eigenvalue weighted by Crippen LogP contribution is -2.49. The number of carbonyl (C=O) groups excluding carboxylic acids is 2. The van der Waals surface area contributed by atoms with E-state index in [1.165, 1.54) is 6.42 Å². The molecule has 1 aliphatic carbocycles. The summed E-state index contributed by atoms with van der Waals surface area (Å²) in [4.78, 5) is 25.0. The fourth-order valence-corrected chi connectivity index (χ4v) is 3.36. The maximum atomic E-state index is 12.5. The highest BCUT2D eigenvalue weighted by molar-refractivity contribution is 9.10. The Morgan fingerprint density at radius 3 is 2.48 bits per heavy atom. The number of halogens is 1. The summed E-state index contributed by atoms with van der Waals surface area (Å²) in [6, 6.07) is 6.94. The number of hydrogen-bond acceptors (Lipinski definition) is 2. The number of benzene rings is 1. The standard InChI is InChI=1S/C18H25BrN2O2/c1-12(2)16(21-17(22)13-7-4-3-5-8-13)18(23)20-15-10-6-9-14(19)11-15/h6,9-13,16H,3-5,7-8H2,1-2H3,(H,20,23)(H,21,22). The molecule has 2 amide bonds. The molecule has 1 unspecified atom stereocenters. The zero-order chi connectivity index (χ0) is 16.8. The van der Waals surface area contributed by atoms with Crippen LogP contribution in [0.1, 0.15) is 46.0 Å². The summed E-state index contributed by atoms with van der Waals surface area (Å²) < 4.78 is 0.905. The first kappa shape index (κ1) is 18.0. The molecule has 1 atom stereocenters. The van der Waals surface area contributed by atoms with Crippen molar-refractivity contribution in [3.8, 4) is 0 Å². The van der Waals surface area contributed by atoms with E-state index in [0.29, 0.717) is 0 Å². The van der Waals surface area contributed by atoms with E-state index in [-0.39, 0.29) is 23.7 Å². The molecular weight excluding hydrogens is 356 g/mol. The number of amides is 2. The van der Waals surface area contributed by atoms with Gasteiger partial charge in [0.2, 0.25) is 11.8 Å². The third-order valence-electron chi connectivity index (χ3n) is 4.32. The molecule has 0 heterocycles. The van der Waals surface area contributed by atoms with E-state index in [1.807, 2.05) is 38.1 Å². The van der Waals surface area contributed by atoms with E-state index in [0.717, 1.165) is 35.8 Å². The Morgan fingerprint density at radius 1 is 1.17 bits per heavy atom. The van der Waals surface area contributed by atoms with Gasteiger partial charge in [-0.3, -0.25) is 9.59 Å². The van der Waals surface area contributed by atoms with Crippen molar-refractivity contribution in [1.29, 1.82) is 0 Å². The zero-order valence-corrected chi connectivity index (χ0v) is 15.4. The van der Waals surface area contributed by atoms with Gasteiger partial charge in [0.1, 0.15) is 6.04 Å². The Hall–Kier alpha value is -1.36. The first-order chi connectivity index (χ1) is 11.0. The van der Waals surface area contributed by atoms with Crippen LogP contribution in [-0.2, 0) is 9.59 Å². The van der Waals surface area contributed by atoms with Crippen molar-refractivity contribution in [2.45, 2.75) is 52.0 Å². The molecule has 5 heteroatoms. The van der Waals surface area contributed by atoms with E-state index in [2.05, 4.69) is 26.6 Å². The highest BCUT2D eigenvalue weighted by Crippen LogP contribution is 2.24. The number of hydrogen-bond donors (Lipinski definition) is 2. The first-order valence-corrected chi connectivity index (χ1v) is 9.13. The Morgan fingerprint density at radius 2 is 1.87 bits per heavy atom. The Kier molecular flexibility index (Phi) is 6.63. The van der Waals surface area contributed by atoms with Crippen LogP contribution in [0.2, 0.25) is 0 Å². The van der Waals surface area contributed by atoms with Crippen LogP contribution in [0, 0.1) is 11.8 Å². The van der Waals surface area contributed by atoms with Gasteiger partial charge in [-0.25, -0.2) is 0 Å². The van der Waals surface area contributed by atoms with E-state index >= 15 is 0 Å². The van der Waals surface area contributed by atoms with Crippen LogP contribution in [0.5, 0.6) is 0 Å². The summed E-state index contributed by atoms with van der Waals surface area (Å²) in [7, 11) is 0. The van der Waals surface area contributed by atoms with Crippen molar-refractivity contribution in [3.05, 3.63) is 28.7 Å². The van der Waals surface area contributed by atoms with E-state index in [9.17, 15) is 9.59 Å². The maximum absolute atomic E-state index is 12.5. The van der Waals surface area contributed by atoms with Crippen LogP contribution in [0.25, 0.3) is 0 Å². The molecular formula is C18H25BrN2O2. The molecule has 1 fully saturated rings. The van der Waals surface area contributed by atoms with Gasteiger partial charge in [-0.2, -0.15) is 0 Å². The SMILES string of the molecule is CC(C)C(NC(=O)C1CCCCC1)C(=O)Nc1cccc(Br)c1. The number of rotatable bonds is 5. The molecule has 1 saturated carbocycles. The summed E-state index contributed by atoms with van der Waals surface area (Å²) in [5.74, 6) is -0.0478. The van der Waals surface area contributed by atoms with Crippen molar-refractivity contribution in [2.75, 3.05) is 5.32 Å². The molecule has 0 bridgehead atoms. The van der Waals surface area contributed by atoms with Crippen LogP contribution in [-0.4, -0.2) is 17.9 Å². The fraction of sp³-hybridized carbons (Fsp3) is 0.556. The van der Waals surface area contributed by atoms with Crippen molar-refractivity contribution in [1.82, 2.24) is 5.32 Å². The minimum absolute atomic E-state index is 0.0211. The van der Waals surface area contributed by atoms with Crippen LogP contribution < -0.4 is 10.6 Å². The number of nitrogens with one attached hydrogen (secondary N) is 2. The summed E-state index contributed by atoms with van der Waals surface area (Å²) in [6.45, 7) is 3.90. The molecule has 0 aliphatic heterocycles. The van der Waals surface area contributed by atoms with Crippen LogP contribution in [0.4, 0.5) is 5.69 Å². The van der Waals surface area contributed by atoms with Crippen LogP contribution in [0.3, 0.4) is 0 Å². The second-order valence-corrected chi connectivity index (χ2v) is 7.48. The third kappa shape index (κ3) is 5.34. The highest BCUT2D eigenvalue weighted by Gasteiger charge is 2.28. The predicted octanol–water partition coefficient (Wildman–Crippen LogP) is 4.11. The van der Waals surface area contributed by atoms with Gasteiger partial charge in [0.15, 0.2) is 0 Å². The van der Waals surface area contributed by atoms with E-state index in [1.54, 1.807) is 0 Å². The van der Waals surface area contributed by atoms with Gasteiger partial charge in [0.05, 0.1) is 0 Å². The molecule has 2 N–H and O–H groups in total. The number of carbonyl (C=O) groups is 2. The Bertz CT molecular complexity index is 554. The lowest BCUT2D eigenvalue weighted by molar-refractivity contribution is -0.130. The van der Waals surface area contributed by atoms with Gasteiger partial charge >= 0.3 is 0 Å². The summed E-state index contributed by atoms with van der Waals surface area (Å²) >= 11 is 3.39. The van der Waals surface area contributed by atoms with Crippen molar-refractivity contribution in [2.24, 2.45) is 11.8 Å². The van der Waals surface area contributed by atoms with Gasteiger partial charge in [0, 0.05) is 16.1 Å². The smallest absolute Gasteiger partial charge is 0.247 e. The molecule has 0 saturated heterocycles. The average Bonchev–Trinajstić information content (AvgIpc) is 2.52. The number of anilines is 1. The van der Waals surface area contributed by atoms with Gasteiger partial charge in [-0.1, -0.05) is 55.1 Å². The van der Waals surface area contributed by atoms with Gasteiger partial charge < -0.3 is 10.6 Å². The molecule has 2 rings (SSSR count). The van der Waals surface area contributed by atoms with Crippen molar-refractivity contribution >= 4 is 33.4 Å². The minimum atomic E-state index is -0.511. The fourth-order valence-electron chi connectivity index (χ4n) is 2.96. The van der Waals surface area contributed by atoms with Crippen LogP contribution in [0.15, 0.2) is 28.7 Å². The second kappa shape index (κ2) is 8.48. The monoisotopic (exact) mass is 380 g/mol.